The van der Waals surface area contributed by atoms with Crippen molar-refractivity contribution in [3.63, 3.8) is 0 Å². The van der Waals surface area contributed by atoms with E-state index in [0.717, 1.165) is 0 Å². The van der Waals surface area contributed by atoms with Crippen molar-refractivity contribution in [2.75, 3.05) is 19.8 Å². The fourth-order valence-corrected chi connectivity index (χ4v) is 2.52. The molecule has 0 bridgehead atoms. The molecule has 5 heteroatoms. The van der Waals surface area contributed by atoms with Gasteiger partial charge in [0.2, 0.25) is 0 Å². The largest absolute Gasteiger partial charge is 0.411 e. The van der Waals surface area contributed by atoms with Crippen molar-refractivity contribution in [2.45, 2.75) is 57.7 Å². The highest BCUT2D eigenvalue weighted by Crippen LogP contribution is 2.25. The van der Waals surface area contributed by atoms with Gasteiger partial charge in [-0.3, -0.25) is 0 Å². The highest BCUT2D eigenvalue weighted by Gasteiger charge is 2.27. The number of nitrogens with one attached hydrogen (secondary N) is 1. The third-order valence-corrected chi connectivity index (χ3v) is 3.59. The number of rotatable bonds is 6. The van der Waals surface area contributed by atoms with Gasteiger partial charge in [-0.15, -0.1) is 0 Å². The Kier molecular flexibility index (Phi) is 7.00. The highest BCUT2D eigenvalue weighted by molar-refractivity contribution is 4.74. The lowest BCUT2D eigenvalue weighted by atomic mass is 9.93. The van der Waals surface area contributed by atoms with Gasteiger partial charge in [0.1, 0.15) is 6.61 Å². The van der Waals surface area contributed by atoms with Crippen LogP contribution >= 0.6 is 0 Å². The summed E-state index contributed by atoms with van der Waals surface area (Å²) in [5.41, 5.74) is 0. The second kappa shape index (κ2) is 8.00. The van der Waals surface area contributed by atoms with Gasteiger partial charge in [-0.05, 0) is 25.7 Å². The van der Waals surface area contributed by atoms with Crippen LogP contribution in [0.5, 0.6) is 0 Å². The van der Waals surface area contributed by atoms with Crippen LogP contribution in [0.25, 0.3) is 0 Å². The number of halogens is 3. The summed E-state index contributed by atoms with van der Waals surface area (Å²) in [6.07, 6.45) is 3.44. The van der Waals surface area contributed by atoms with Crippen molar-refractivity contribution in [1.82, 2.24) is 5.32 Å². The first-order valence-corrected chi connectivity index (χ1v) is 6.87. The van der Waals surface area contributed by atoms with Gasteiger partial charge in [0.05, 0.1) is 6.61 Å². The van der Waals surface area contributed by atoms with Crippen LogP contribution < -0.4 is 5.32 Å². The molecule has 0 saturated heterocycles. The van der Waals surface area contributed by atoms with E-state index >= 15 is 0 Å². The van der Waals surface area contributed by atoms with Crippen molar-refractivity contribution >= 4 is 0 Å². The summed E-state index contributed by atoms with van der Waals surface area (Å²) in [7, 11) is 0. The van der Waals surface area contributed by atoms with E-state index in [1.54, 1.807) is 0 Å². The van der Waals surface area contributed by atoms with Crippen LogP contribution in [0.4, 0.5) is 13.2 Å². The molecular formula is C13H24F3NO. The van der Waals surface area contributed by atoms with E-state index in [-0.39, 0.29) is 6.61 Å². The topological polar surface area (TPSA) is 21.3 Å². The van der Waals surface area contributed by atoms with Gasteiger partial charge in [-0.25, -0.2) is 0 Å². The number of alkyl halides is 3. The number of hydrogen-bond donors (Lipinski definition) is 1. The molecule has 0 heterocycles. The molecule has 0 unspecified atom stereocenters. The minimum atomic E-state index is -4.22. The average molecular weight is 267 g/mol. The minimum Gasteiger partial charge on any atom is -0.371 e. The van der Waals surface area contributed by atoms with E-state index < -0.39 is 12.8 Å². The van der Waals surface area contributed by atoms with Gasteiger partial charge >= 0.3 is 6.18 Å². The molecule has 1 saturated carbocycles. The predicted octanol–water partition coefficient (Wildman–Crippen LogP) is 3.51. The van der Waals surface area contributed by atoms with Crippen LogP contribution in [0.15, 0.2) is 0 Å². The molecule has 1 aliphatic carbocycles. The maximum absolute atomic E-state index is 11.8. The summed E-state index contributed by atoms with van der Waals surface area (Å²) < 4.78 is 40.1. The molecule has 0 amide bonds. The third kappa shape index (κ3) is 7.21. The van der Waals surface area contributed by atoms with E-state index in [1.807, 2.05) is 0 Å². The molecule has 0 spiro atoms. The molecule has 1 aliphatic rings. The Morgan fingerprint density at radius 3 is 2.33 bits per heavy atom. The summed E-state index contributed by atoms with van der Waals surface area (Å²) in [4.78, 5) is 0. The molecule has 0 aliphatic heterocycles. The first-order valence-electron chi connectivity index (χ1n) is 6.87. The van der Waals surface area contributed by atoms with Crippen LogP contribution in [-0.2, 0) is 4.74 Å². The molecule has 18 heavy (non-hydrogen) atoms. The molecule has 0 aromatic carbocycles. The van der Waals surface area contributed by atoms with Gasteiger partial charge in [-0.1, -0.05) is 25.7 Å². The molecule has 0 aromatic rings. The number of ether oxygens (including phenoxy) is 1. The van der Waals surface area contributed by atoms with E-state index in [9.17, 15) is 13.2 Å². The fraction of sp³-hybridized carbons (Fsp3) is 1.00. The first-order chi connectivity index (χ1) is 8.49. The van der Waals surface area contributed by atoms with Gasteiger partial charge in [0, 0.05) is 12.6 Å². The standard InChI is InChI=1S/C13H24F3NO/c1-11(12-6-4-2-3-5-7-12)17-8-9-18-10-13(14,15)16/h11-12,17H,2-10H2,1H3/t11-/m1/s1. The highest BCUT2D eigenvalue weighted by atomic mass is 19.4. The van der Waals surface area contributed by atoms with Crippen LogP contribution in [0.1, 0.15) is 45.4 Å². The summed E-state index contributed by atoms with van der Waals surface area (Å²) in [6, 6.07) is 0.373. The quantitative estimate of drug-likeness (QED) is 0.587. The lowest BCUT2D eigenvalue weighted by Gasteiger charge is -2.23. The smallest absolute Gasteiger partial charge is 0.371 e. The fourth-order valence-electron chi connectivity index (χ4n) is 2.52. The second-order valence-corrected chi connectivity index (χ2v) is 5.16. The Morgan fingerprint density at radius 1 is 1.17 bits per heavy atom. The zero-order valence-electron chi connectivity index (χ0n) is 11.1. The lowest BCUT2D eigenvalue weighted by molar-refractivity contribution is -0.173. The first kappa shape index (κ1) is 15.8. The van der Waals surface area contributed by atoms with E-state index in [0.29, 0.717) is 18.5 Å². The van der Waals surface area contributed by atoms with Gasteiger partial charge in [-0.2, -0.15) is 13.2 Å². The van der Waals surface area contributed by atoms with E-state index in [4.69, 9.17) is 0 Å². The molecule has 1 fully saturated rings. The zero-order valence-corrected chi connectivity index (χ0v) is 11.1. The average Bonchev–Trinajstić information content (AvgIpc) is 2.55. The lowest BCUT2D eigenvalue weighted by Crippen LogP contribution is -2.36. The molecule has 1 N–H and O–H groups in total. The molecule has 1 atom stereocenters. The van der Waals surface area contributed by atoms with Gasteiger partial charge < -0.3 is 10.1 Å². The monoisotopic (exact) mass is 267 g/mol. The Hall–Kier alpha value is -0.290. The molecule has 0 aromatic heterocycles. The van der Waals surface area contributed by atoms with Crippen molar-refractivity contribution in [3.8, 4) is 0 Å². The van der Waals surface area contributed by atoms with Crippen LogP contribution in [0.3, 0.4) is 0 Å². The van der Waals surface area contributed by atoms with Gasteiger partial charge in [0.15, 0.2) is 0 Å². The Morgan fingerprint density at radius 2 is 1.78 bits per heavy atom. The Labute approximate surface area is 107 Å². The van der Waals surface area contributed by atoms with Crippen molar-refractivity contribution in [3.05, 3.63) is 0 Å². The maximum atomic E-state index is 11.8. The van der Waals surface area contributed by atoms with Crippen LogP contribution in [0, 0.1) is 5.92 Å². The molecular weight excluding hydrogens is 243 g/mol. The van der Waals surface area contributed by atoms with Crippen molar-refractivity contribution in [1.29, 1.82) is 0 Å². The van der Waals surface area contributed by atoms with E-state index in [1.165, 1.54) is 38.5 Å². The second-order valence-electron chi connectivity index (χ2n) is 5.16. The Balaban J connectivity index is 2.07. The summed E-state index contributed by atoms with van der Waals surface area (Å²) in [6.45, 7) is 1.59. The molecule has 0 radical (unpaired) electrons. The van der Waals surface area contributed by atoms with Gasteiger partial charge in [0.25, 0.3) is 0 Å². The summed E-state index contributed by atoms with van der Waals surface area (Å²) in [5, 5.41) is 3.27. The van der Waals surface area contributed by atoms with Crippen molar-refractivity contribution < 1.29 is 17.9 Å². The Bertz CT molecular complexity index is 213. The minimum absolute atomic E-state index is 0.122. The summed E-state index contributed by atoms with van der Waals surface area (Å²) in [5.74, 6) is 0.662. The zero-order chi connectivity index (χ0) is 13.4. The summed E-state index contributed by atoms with van der Waals surface area (Å²) >= 11 is 0. The SMILES string of the molecule is C[C@@H](NCCOCC(F)(F)F)C1CCCCCC1. The molecule has 108 valence electrons. The predicted molar refractivity (Wildman–Crippen MR) is 65.5 cm³/mol. The molecule has 2 nitrogen and oxygen atoms in total. The van der Waals surface area contributed by atoms with E-state index in [2.05, 4.69) is 17.0 Å². The van der Waals surface area contributed by atoms with Crippen molar-refractivity contribution in [2.24, 2.45) is 5.92 Å². The maximum Gasteiger partial charge on any atom is 0.411 e. The normalized spacial score (nSPS) is 20.7. The molecule has 1 rings (SSSR count). The third-order valence-electron chi connectivity index (χ3n) is 3.59. The van der Waals surface area contributed by atoms with Crippen LogP contribution in [-0.4, -0.2) is 32.0 Å². The van der Waals surface area contributed by atoms with Crippen LogP contribution in [0.2, 0.25) is 0 Å². The number of hydrogen-bond acceptors (Lipinski definition) is 2.